The number of aromatic nitrogens is 3. The topological polar surface area (TPSA) is 47.8 Å². The maximum absolute atomic E-state index is 11.3. The van der Waals surface area contributed by atoms with E-state index >= 15 is 0 Å². The van der Waals surface area contributed by atoms with E-state index in [-0.39, 0.29) is 0 Å². The lowest BCUT2D eigenvalue weighted by atomic mass is 10.5. The maximum Gasteiger partial charge on any atom is 0.221 e. The molecule has 0 amide bonds. The van der Waals surface area contributed by atoms with Crippen molar-refractivity contribution in [2.24, 2.45) is 0 Å². The standard InChI is InChI=1S/C8H8BrN3OS2/c1-15(13)8-11-10-5-12(8)4-7-6(9)2-3-14-7/h2-3,5H,4H2,1H3. The number of nitrogens with zero attached hydrogens (tertiary/aromatic N) is 3. The molecule has 0 spiro atoms. The number of hydrogen-bond donors (Lipinski definition) is 0. The summed E-state index contributed by atoms with van der Waals surface area (Å²) in [4.78, 5) is 1.17. The zero-order valence-corrected chi connectivity index (χ0v) is 11.1. The van der Waals surface area contributed by atoms with E-state index < -0.39 is 10.8 Å². The summed E-state index contributed by atoms with van der Waals surface area (Å²) in [6, 6.07) is 1.99. The van der Waals surface area contributed by atoms with Gasteiger partial charge in [0.25, 0.3) is 0 Å². The molecule has 2 aromatic rings. The van der Waals surface area contributed by atoms with E-state index in [0.29, 0.717) is 11.7 Å². The van der Waals surface area contributed by atoms with Crippen LogP contribution in [-0.2, 0) is 17.3 Å². The molecule has 4 nitrogen and oxygen atoms in total. The molecule has 0 saturated carbocycles. The fourth-order valence-electron chi connectivity index (χ4n) is 1.17. The number of thiophene rings is 1. The zero-order valence-electron chi connectivity index (χ0n) is 7.88. The molecular formula is C8H8BrN3OS2. The molecule has 0 N–H and O–H groups in total. The summed E-state index contributed by atoms with van der Waals surface area (Å²) in [5, 5.41) is 10.1. The van der Waals surface area contributed by atoms with Gasteiger partial charge < -0.3 is 4.57 Å². The molecule has 0 bridgehead atoms. The highest BCUT2D eigenvalue weighted by atomic mass is 79.9. The lowest BCUT2D eigenvalue weighted by Gasteiger charge is -2.02. The molecule has 2 heterocycles. The van der Waals surface area contributed by atoms with Crippen LogP contribution in [0.25, 0.3) is 0 Å². The molecule has 0 aromatic carbocycles. The molecule has 0 aliphatic heterocycles. The average molecular weight is 306 g/mol. The first-order valence-electron chi connectivity index (χ1n) is 4.11. The first-order chi connectivity index (χ1) is 7.18. The minimum atomic E-state index is -1.10. The maximum atomic E-state index is 11.3. The first kappa shape index (κ1) is 11.0. The number of rotatable bonds is 3. The lowest BCUT2D eigenvalue weighted by Crippen LogP contribution is -2.04. The van der Waals surface area contributed by atoms with Crippen LogP contribution in [0.15, 0.2) is 27.4 Å². The van der Waals surface area contributed by atoms with Crippen molar-refractivity contribution < 1.29 is 4.21 Å². The lowest BCUT2D eigenvalue weighted by molar-refractivity contribution is 0.655. The van der Waals surface area contributed by atoms with Crippen molar-refractivity contribution in [2.45, 2.75) is 11.7 Å². The Morgan fingerprint density at radius 1 is 1.67 bits per heavy atom. The van der Waals surface area contributed by atoms with Crippen LogP contribution >= 0.6 is 27.3 Å². The number of halogens is 1. The van der Waals surface area contributed by atoms with E-state index in [0.717, 1.165) is 4.47 Å². The summed E-state index contributed by atoms with van der Waals surface area (Å²) in [6.45, 7) is 0.653. The van der Waals surface area contributed by atoms with Gasteiger partial charge in [0.1, 0.15) is 6.33 Å². The fourth-order valence-corrected chi connectivity index (χ4v) is 3.25. The van der Waals surface area contributed by atoms with Crippen molar-refractivity contribution in [2.75, 3.05) is 6.26 Å². The Balaban J connectivity index is 2.28. The smallest absolute Gasteiger partial charge is 0.221 e. The van der Waals surface area contributed by atoms with Gasteiger partial charge in [-0.1, -0.05) is 0 Å². The Kier molecular flexibility index (Phi) is 3.32. The van der Waals surface area contributed by atoms with Gasteiger partial charge in [0, 0.05) is 15.6 Å². The fraction of sp³-hybridized carbons (Fsp3) is 0.250. The van der Waals surface area contributed by atoms with Crippen molar-refractivity contribution >= 4 is 38.1 Å². The Labute approximate surface area is 102 Å². The van der Waals surface area contributed by atoms with Gasteiger partial charge in [-0.3, -0.25) is 4.21 Å². The zero-order chi connectivity index (χ0) is 10.8. The first-order valence-corrected chi connectivity index (χ1v) is 7.34. The van der Waals surface area contributed by atoms with Crippen LogP contribution in [0, 0.1) is 0 Å². The summed E-state index contributed by atoms with van der Waals surface area (Å²) >= 11 is 5.10. The second kappa shape index (κ2) is 4.54. The van der Waals surface area contributed by atoms with Crippen molar-refractivity contribution in [3.05, 3.63) is 27.1 Å². The highest BCUT2D eigenvalue weighted by molar-refractivity contribution is 9.10. The van der Waals surface area contributed by atoms with E-state index in [4.69, 9.17) is 0 Å². The summed E-state index contributed by atoms with van der Waals surface area (Å²) in [7, 11) is -1.10. The van der Waals surface area contributed by atoms with Gasteiger partial charge in [0.2, 0.25) is 5.16 Å². The molecule has 0 fully saturated rings. The molecule has 15 heavy (non-hydrogen) atoms. The average Bonchev–Trinajstić information content (AvgIpc) is 2.77. The predicted octanol–water partition coefficient (Wildman–Crippen LogP) is 1.89. The molecule has 0 radical (unpaired) electrons. The van der Waals surface area contributed by atoms with Crippen LogP contribution in [0.4, 0.5) is 0 Å². The van der Waals surface area contributed by atoms with Crippen LogP contribution in [0.1, 0.15) is 4.88 Å². The molecule has 80 valence electrons. The van der Waals surface area contributed by atoms with E-state index in [1.807, 2.05) is 11.4 Å². The Morgan fingerprint density at radius 3 is 3.07 bits per heavy atom. The van der Waals surface area contributed by atoms with Crippen LogP contribution in [-0.4, -0.2) is 25.2 Å². The second-order valence-corrected chi connectivity index (χ2v) is 6.02. The minimum Gasteiger partial charge on any atom is -0.301 e. The normalized spacial score (nSPS) is 12.9. The van der Waals surface area contributed by atoms with Crippen molar-refractivity contribution in [1.29, 1.82) is 0 Å². The van der Waals surface area contributed by atoms with Gasteiger partial charge in [-0.15, -0.1) is 21.5 Å². The van der Waals surface area contributed by atoms with Gasteiger partial charge in [0.15, 0.2) is 0 Å². The van der Waals surface area contributed by atoms with Gasteiger partial charge in [-0.05, 0) is 27.4 Å². The SMILES string of the molecule is CS(=O)c1nncn1Cc1sccc1Br. The molecular weight excluding hydrogens is 298 g/mol. The second-order valence-electron chi connectivity index (χ2n) is 2.89. The summed E-state index contributed by atoms with van der Waals surface area (Å²) in [6.07, 6.45) is 3.20. The van der Waals surface area contributed by atoms with Crippen LogP contribution in [0.2, 0.25) is 0 Å². The van der Waals surface area contributed by atoms with Crippen molar-refractivity contribution in [3.63, 3.8) is 0 Å². The predicted molar refractivity (Wildman–Crippen MR) is 63.5 cm³/mol. The van der Waals surface area contributed by atoms with Gasteiger partial charge in [-0.2, -0.15) is 0 Å². The molecule has 7 heteroatoms. The highest BCUT2D eigenvalue weighted by Crippen LogP contribution is 2.23. The largest absolute Gasteiger partial charge is 0.301 e. The Hall–Kier alpha value is -0.530. The van der Waals surface area contributed by atoms with Gasteiger partial charge in [0.05, 0.1) is 17.3 Å². The quantitative estimate of drug-likeness (QED) is 0.870. The van der Waals surface area contributed by atoms with E-state index in [1.165, 1.54) is 4.88 Å². The van der Waals surface area contributed by atoms with Crippen LogP contribution in [0.5, 0.6) is 0 Å². The summed E-state index contributed by atoms with van der Waals surface area (Å²) < 4.78 is 14.2. The molecule has 0 aliphatic carbocycles. The van der Waals surface area contributed by atoms with Crippen LogP contribution in [0.3, 0.4) is 0 Å². The highest BCUT2D eigenvalue weighted by Gasteiger charge is 2.10. The van der Waals surface area contributed by atoms with E-state index in [2.05, 4.69) is 26.1 Å². The van der Waals surface area contributed by atoms with Gasteiger partial charge >= 0.3 is 0 Å². The Bertz CT molecular complexity index is 494. The third-order valence-corrected chi connectivity index (χ3v) is 4.58. The van der Waals surface area contributed by atoms with E-state index in [1.54, 1.807) is 28.5 Å². The molecule has 2 rings (SSSR count). The minimum absolute atomic E-state index is 0.510. The Morgan fingerprint density at radius 2 is 2.47 bits per heavy atom. The molecule has 0 aliphatic rings. The molecule has 1 unspecified atom stereocenters. The number of hydrogen-bond acceptors (Lipinski definition) is 4. The molecule has 2 aromatic heterocycles. The van der Waals surface area contributed by atoms with E-state index in [9.17, 15) is 4.21 Å². The third-order valence-electron chi connectivity index (χ3n) is 1.84. The molecule has 0 saturated heterocycles. The summed E-state index contributed by atoms with van der Waals surface area (Å²) in [5.74, 6) is 0. The van der Waals surface area contributed by atoms with Crippen LogP contribution < -0.4 is 0 Å². The molecule has 1 atom stereocenters. The third kappa shape index (κ3) is 2.35. The van der Waals surface area contributed by atoms with Crippen molar-refractivity contribution in [1.82, 2.24) is 14.8 Å². The monoisotopic (exact) mass is 305 g/mol. The summed E-state index contributed by atoms with van der Waals surface area (Å²) in [5.41, 5.74) is 0. The van der Waals surface area contributed by atoms with Gasteiger partial charge in [-0.25, -0.2) is 0 Å². The van der Waals surface area contributed by atoms with Crippen molar-refractivity contribution in [3.8, 4) is 0 Å².